The zero-order chi connectivity index (χ0) is 12.4. The third kappa shape index (κ3) is 2.35. The van der Waals surface area contributed by atoms with Gasteiger partial charge < -0.3 is 10.2 Å². The number of likely N-dealkylation sites (tertiary alicyclic amines) is 1. The Labute approximate surface area is 105 Å². The maximum atomic E-state index is 12.3. The van der Waals surface area contributed by atoms with Crippen molar-refractivity contribution in [3.63, 3.8) is 0 Å². The van der Waals surface area contributed by atoms with Crippen LogP contribution >= 0.6 is 0 Å². The van der Waals surface area contributed by atoms with Gasteiger partial charge in [-0.25, -0.2) is 0 Å². The van der Waals surface area contributed by atoms with E-state index in [1.54, 1.807) is 0 Å². The normalized spacial score (nSPS) is 38.1. The molecule has 1 saturated carbocycles. The first-order chi connectivity index (χ1) is 8.19. The molecule has 1 N–H and O–H groups in total. The van der Waals surface area contributed by atoms with Crippen molar-refractivity contribution in [1.82, 2.24) is 10.2 Å². The van der Waals surface area contributed by atoms with Gasteiger partial charge >= 0.3 is 0 Å². The predicted octanol–water partition coefficient (Wildman–Crippen LogP) is 2.02. The Kier molecular flexibility index (Phi) is 4.08. The molecular formula is C14H26N2O. The van der Waals surface area contributed by atoms with Gasteiger partial charge in [0.2, 0.25) is 5.91 Å². The van der Waals surface area contributed by atoms with Crippen LogP contribution in [0.3, 0.4) is 0 Å². The van der Waals surface area contributed by atoms with E-state index in [4.69, 9.17) is 0 Å². The minimum atomic E-state index is 0.0906. The Bertz CT molecular complexity index is 279. The third-order valence-corrected chi connectivity index (χ3v) is 4.80. The average Bonchev–Trinajstić information content (AvgIpc) is 2.85. The molecule has 0 aromatic rings. The molecule has 3 nitrogen and oxygen atoms in total. The topological polar surface area (TPSA) is 32.3 Å². The van der Waals surface area contributed by atoms with Gasteiger partial charge in [-0.1, -0.05) is 27.2 Å². The molecule has 1 saturated heterocycles. The molecule has 4 unspecified atom stereocenters. The van der Waals surface area contributed by atoms with Gasteiger partial charge in [-0.15, -0.1) is 0 Å². The van der Waals surface area contributed by atoms with E-state index in [0.717, 1.165) is 25.4 Å². The molecule has 0 spiro atoms. The quantitative estimate of drug-likeness (QED) is 0.812. The van der Waals surface area contributed by atoms with E-state index in [1.165, 1.54) is 19.3 Å². The van der Waals surface area contributed by atoms with Crippen LogP contribution in [0.2, 0.25) is 0 Å². The molecule has 2 fully saturated rings. The van der Waals surface area contributed by atoms with Gasteiger partial charge in [0.25, 0.3) is 0 Å². The number of carbonyl (C=O) groups is 1. The molecule has 3 heteroatoms. The first-order valence-corrected chi connectivity index (χ1v) is 7.22. The fourth-order valence-corrected chi connectivity index (χ4v) is 3.71. The van der Waals surface area contributed by atoms with E-state index >= 15 is 0 Å². The number of likely N-dealkylation sites (N-methyl/N-ethyl adjacent to an activating group) is 1. The monoisotopic (exact) mass is 238 g/mol. The zero-order valence-electron chi connectivity index (χ0n) is 11.4. The van der Waals surface area contributed by atoms with Gasteiger partial charge in [0.1, 0.15) is 0 Å². The first kappa shape index (κ1) is 12.9. The molecule has 1 heterocycles. The molecule has 1 amide bonds. The van der Waals surface area contributed by atoms with E-state index in [-0.39, 0.29) is 6.04 Å². The highest BCUT2D eigenvalue weighted by Gasteiger charge is 2.41. The summed E-state index contributed by atoms with van der Waals surface area (Å²) in [6.07, 6.45) is 4.77. The SMILES string of the molecule is CCNC1CCN(C2CCC(CC)C2C)C1=O. The lowest BCUT2D eigenvalue weighted by atomic mass is 9.93. The van der Waals surface area contributed by atoms with Gasteiger partial charge in [-0.3, -0.25) is 4.79 Å². The van der Waals surface area contributed by atoms with Crippen LogP contribution in [0, 0.1) is 11.8 Å². The lowest BCUT2D eigenvalue weighted by Gasteiger charge is -2.29. The van der Waals surface area contributed by atoms with Crippen LogP contribution in [0.1, 0.15) is 46.5 Å². The number of nitrogens with zero attached hydrogens (tertiary/aromatic N) is 1. The molecule has 1 aliphatic heterocycles. The lowest BCUT2D eigenvalue weighted by Crippen LogP contribution is -2.44. The number of nitrogens with one attached hydrogen (secondary N) is 1. The Hall–Kier alpha value is -0.570. The van der Waals surface area contributed by atoms with Crippen molar-refractivity contribution in [1.29, 1.82) is 0 Å². The molecule has 0 radical (unpaired) electrons. The van der Waals surface area contributed by atoms with Crippen molar-refractivity contribution in [3.8, 4) is 0 Å². The van der Waals surface area contributed by atoms with Crippen molar-refractivity contribution in [3.05, 3.63) is 0 Å². The summed E-state index contributed by atoms with van der Waals surface area (Å²) < 4.78 is 0. The summed E-state index contributed by atoms with van der Waals surface area (Å²) >= 11 is 0. The number of hydrogen-bond acceptors (Lipinski definition) is 2. The molecular weight excluding hydrogens is 212 g/mol. The van der Waals surface area contributed by atoms with Crippen molar-refractivity contribution < 1.29 is 4.79 Å². The maximum Gasteiger partial charge on any atom is 0.240 e. The molecule has 2 rings (SSSR count). The van der Waals surface area contributed by atoms with Gasteiger partial charge in [0.15, 0.2) is 0 Å². The van der Waals surface area contributed by atoms with E-state index in [1.807, 2.05) is 0 Å². The van der Waals surface area contributed by atoms with E-state index < -0.39 is 0 Å². The minimum Gasteiger partial charge on any atom is -0.338 e. The smallest absolute Gasteiger partial charge is 0.240 e. The third-order valence-electron chi connectivity index (χ3n) is 4.80. The number of rotatable bonds is 4. The van der Waals surface area contributed by atoms with Crippen LogP contribution in [0.5, 0.6) is 0 Å². The van der Waals surface area contributed by atoms with Crippen LogP contribution in [0.4, 0.5) is 0 Å². The van der Waals surface area contributed by atoms with Crippen molar-refractivity contribution >= 4 is 5.91 Å². The van der Waals surface area contributed by atoms with E-state index in [0.29, 0.717) is 17.9 Å². The molecule has 1 aliphatic carbocycles. The molecule has 0 bridgehead atoms. The van der Waals surface area contributed by atoms with Crippen LogP contribution in [0.15, 0.2) is 0 Å². The summed E-state index contributed by atoms with van der Waals surface area (Å²) in [6.45, 7) is 8.53. The molecule has 98 valence electrons. The van der Waals surface area contributed by atoms with Crippen LogP contribution in [-0.2, 0) is 4.79 Å². The minimum absolute atomic E-state index is 0.0906. The van der Waals surface area contributed by atoms with Crippen molar-refractivity contribution in [2.75, 3.05) is 13.1 Å². The Morgan fingerprint density at radius 2 is 2.06 bits per heavy atom. The first-order valence-electron chi connectivity index (χ1n) is 7.22. The van der Waals surface area contributed by atoms with Gasteiger partial charge in [-0.05, 0) is 37.6 Å². The highest BCUT2D eigenvalue weighted by atomic mass is 16.2. The van der Waals surface area contributed by atoms with Crippen LogP contribution in [-0.4, -0.2) is 36.0 Å². The summed E-state index contributed by atoms with van der Waals surface area (Å²) in [6, 6.07) is 0.601. The maximum absolute atomic E-state index is 12.3. The Morgan fingerprint density at radius 3 is 2.65 bits per heavy atom. The van der Waals surface area contributed by atoms with Crippen LogP contribution < -0.4 is 5.32 Å². The number of hydrogen-bond donors (Lipinski definition) is 1. The van der Waals surface area contributed by atoms with E-state index in [2.05, 4.69) is 31.0 Å². The lowest BCUT2D eigenvalue weighted by molar-refractivity contribution is -0.132. The second-order valence-corrected chi connectivity index (χ2v) is 5.60. The second-order valence-electron chi connectivity index (χ2n) is 5.60. The second kappa shape index (κ2) is 5.38. The van der Waals surface area contributed by atoms with Gasteiger partial charge in [0.05, 0.1) is 6.04 Å². The molecule has 0 aromatic heterocycles. The summed E-state index contributed by atoms with van der Waals surface area (Å²) in [5.41, 5.74) is 0. The summed E-state index contributed by atoms with van der Waals surface area (Å²) in [7, 11) is 0. The molecule has 17 heavy (non-hydrogen) atoms. The predicted molar refractivity (Wildman–Crippen MR) is 69.8 cm³/mol. The molecule has 2 aliphatic rings. The summed E-state index contributed by atoms with van der Waals surface area (Å²) in [5, 5.41) is 3.30. The Balaban J connectivity index is 1.98. The summed E-state index contributed by atoms with van der Waals surface area (Å²) in [5.74, 6) is 1.86. The highest BCUT2D eigenvalue weighted by molar-refractivity contribution is 5.84. The molecule has 4 atom stereocenters. The van der Waals surface area contributed by atoms with Gasteiger partial charge in [-0.2, -0.15) is 0 Å². The van der Waals surface area contributed by atoms with Crippen LogP contribution in [0.25, 0.3) is 0 Å². The molecule has 0 aromatic carbocycles. The average molecular weight is 238 g/mol. The van der Waals surface area contributed by atoms with E-state index in [9.17, 15) is 4.79 Å². The van der Waals surface area contributed by atoms with Crippen molar-refractivity contribution in [2.24, 2.45) is 11.8 Å². The summed E-state index contributed by atoms with van der Waals surface area (Å²) in [4.78, 5) is 14.4. The Morgan fingerprint density at radius 1 is 1.29 bits per heavy atom. The number of carbonyl (C=O) groups excluding carboxylic acids is 1. The number of amides is 1. The standard InChI is InChI=1S/C14H26N2O/c1-4-11-6-7-13(10(11)3)16-9-8-12(14(16)17)15-5-2/h10-13,15H,4-9H2,1-3H3. The largest absolute Gasteiger partial charge is 0.338 e. The zero-order valence-corrected chi connectivity index (χ0v) is 11.4. The fraction of sp³-hybridized carbons (Fsp3) is 0.929. The van der Waals surface area contributed by atoms with Crippen molar-refractivity contribution in [2.45, 2.75) is 58.5 Å². The highest BCUT2D eigenvalue weighted by Crippen LogP contribution is 2.38. The van der Waals surface area contributed by atoms with Gasteiger partial charge in [0, 0.05) is 12.6 Å². The fourth-order valence-electron chi connectivity index (χ4n) is 3.71.